The number of unbranched alkanes of at least 4 members (excludes halogenated alkanes) is 1. The lowest BCUT2D eigenvalue weighted by atomic mass is 10.1. The zero-order chi connectivity index (χ0) is 10.3. The van der Waals surface area contributed by atoms with Crippen LogP contribution in [0.3, 0.4) is 0 Å². The monoisotopic (exact) mass is 189 g/mol. The Morgan fingerprint density at radius 1 is 1.46 bits per heavy atom. The number of nitrogens with zero attached hydrogens (tertiary/aromatic N) is 1. The second-order valence-electron chi connectivity index (χ2n) is 3.43. The molecule has 78 valence electrons. The predicted octanol–water partition coefficient (Wildman–Crippen LogP) is 0.411. The first-order valence-electron chi connectivity index (χ1n) is 4.60. The molecule has 0 saturated carbocycles. The van der Waals surface area contributed by atoms with Crippen molar-refractivity contribution < 1.29 is 15.0 Å². The number of aliphatic hydroxyl groups is 1. The Morgan fingerprint density at radius 2 is 2.08 bits per heavy atom. The number of aliphatic carboxylic acids is 1. The van der Waals surface area contributed by atoms with Crippen LogP contribution in [0.4, 0.5) is 0 Å². The largest absolute Gasteiger partial charge is 0.481 e. The van der Waals surface area contributed by atoms with Crippen molar-refractivity contribution in [1.82, 2.24) is 4.90 Å². The topological polar surface area (TPSA) is 60.8 Å². The van der Waals surface area contributed by atoms with Crippen LogP contribution < -0.4 is 0 Å². The molecule has 0 aliphatic rings. The van der Waals surface area contributed by atoms with Crippen molar-refractivity contribution in [3.05, 3.63) is 0 Å². The van der Waals surface area contributed by atoms with Gasteiger partial charge < -0.3 is 15.1 Å². The van der Waals surface area contributed by atoms with E-state index >= 15 is 0 Å². The Kier molecular flexibility index (Phi) is 6.54. The Hall–Kier alpha value is -0.610. The molecule has 4 heteroatoms. The van der Waals surface area contributed by atoms with Gasteiger partial charge in [0.05, 0.1) is 5.92 Å². The van der Waals surface area contributed by atoms with Crippen LogP contribution in [0.1, 0.15) is 19.8 Å². The number of rotatable bonds is 7. The fraction of sp³-hybridized carbons (Fsp3) is 0.889. The lowest BCUT2D eigenvalue weighted by molar-refractivity contribution is -0.141. The standard InChI is InChI=1S/C9H19NO3/c1-8(9(12)13)7-10(2)5-3-4-6-11/h8,11H,3-7H2,1-2H3,(H,12,13). The normalized spacial score (nSPS) is 13.2. The van der Waals surface area contributed by atoms with E-state index in [0.29, 0.717) is 6.54 Å². The van der Waals surface area contributed by atoms with Crippen molar-refractivity contribution in [1.29, 1.82) is 0 Å². The Balaban J connectivity index is 3.49. The summed E-state index contributed by atoms with van der Waals surface area (Å²) < 4.78 is 0. The van der Waals surface area contributed by atoms with Crippen molar-refractivity contribution in [3.63, 3.8) is 0 Å². The molecule has 0 heterocycles. The van der Waals surface area contributed by atoms with Crippen LogP contribution in [0.15, 0.2) is 0 Å². The van der Waals surface area contributed by atoms with E-state index in [1.54, 1.807) is 6.92 Å². The molecule has 0 saturated heterocycles. The molecular weight excluding hydrogens is 170 g/mol. The molecule has 2 N–H and O–H groups in total. The Labute approximate surface area is 79.2 Å². The van der Waals surface area contributed by atoms with E-state index in [2.05, 4.69) is 0 Å². The van der Waals surface area contributed by atoms with Gasteiger partial charge in [-0.25, -0.2) is 0 Å². The second kappa shape index (κ2) is 6.86. The van der Waals surface area contributed by atoms with E-state index in [9.17, 15) is 4.79 Å². The zero-order valence-corrected chi connectivity index (χ0v) is 8.36. The van der Waals surface area contributed by atoms with Gasteiger partial charge in [0.25, 0.3) is 0 Å². The maximum absolute atomic E-state index is 10.5. The first-order chi connectivity index (χ1) is 6.07. The Bertz CT molecular complexity index is 150. The minimum atomic E-state index is -0.756. The molecule has 4 nitrogen and oxygen atoms in total. The maximum atomic E-state index is 10.5. The third-order valence-corrected chi connectivity index (χ3v) is 1.96. The summed E-state index contributed by atoms with van der Waals surface area (Å²) in [5.41, 5.74) is 0. The van der Waals surface area contributed by atoms with Crippen LogP contribution in [-0.4, -0.2) is 47.8 Å². The summed E-state index contributed by atoms with van der Waals surface area (Å²) in [5, 5.41) is 17.2. The third-order valence-electron chi connectivity index (χ3n) is 1.96. The number of carboxylic acid groups (broad SMARTS) is 1. The van der Waals surface area contributed by atoms with Gasteiger partial charge in [0.15, 0.2) is 0 Å². The quantitative estimate of drug-likeness (QED) is 0.569. The summed E-state index contributed by atoms with van der Waals surface area (Å²) in [6.45, 7) is 3.33. The molecular formula is C9H19NO3. The molecule has 0 aliphatic carbocycles. The molecule has 0 amide bonds. The second-order valence-corrected chi connectivity index (χ2v) is 3.43. The predicted molar refractivity (Wildman–Crippen MR) is 50.6 cm³/mol. The van der Waals surface area contributed by atoms with E-state index in [1.807, 2.05) is 11.9 Å². The number of hydrogen-bond acceptors (Lipinski definition) is 3. The molecule has 0 aliphatic heterocycles. The first kappa shape index (κ1) is 12.4. The SMILES string of the molecule is CC(CN(C)CCCCO)C(=O)O. The maximum Gasteiger partial charge on any atom is 0.307 e. The molecule has 0 aromatic rings. The van der Waals surface area contributed by atoms with Gasteiger partial charge >= 0.3 is 5.97 Å². The molecule has 13 heavy (non-hydrogen) atoms. The highest BCUT2D eigenvalue weighted by Crippen LogP contribution is 1.99. The third kappa shape index (κ3) is 6.54. The lowest BCUT2D eigenvalue weighted by Gasteiger charge is -2.18. The highest BCUT2D eigenvalue weighted by Gasteiger charge is 2.12. The number of hydrogen-bond donors (Lipinski definition) is 2. The van der Waals surface area contributed by atoms with Crippen molar-refractivity contribution >= 4 is 5.97 Å². The average molecular weight is 189 g/mol. The van der Waals surface area contributed by atoms with E-state index in [0.717, 1.165) is 19.4 Å². The van der Waals surface area contributed by atoms with Crippen molar-refractivity contribution in [3.8, 4) is 0 Å². The minimum absolute atomic E-state index is 0.211. The zero-order valence-electron chi connectivity index (χ0n) is 8.36. The molecule has 0 aromatic carbocycles. The van der Waals surface area contributed by atoms with E-state index < -0.39 is 5.97 Å². The van der Waals surface area contributed by atoms with Crippen LogP contribution in [0.2, 0.25) is 0 Å². The van der Waals surface area contributed by atoms with Crippen molar-refractivity contribution in [2.45, 2.75) is 19.8 Å². The molecule has 0 bridgehead atoms. The van der Waals surface area contributed by atoms with Crippen molar-refractivity contribution in [2.75, 3.05) is 26.7 Å². The number of aliphatic hydroxyl groups excluding tert-OH is 1. The molecule has 0 aromatic heterocycles. The summed E-state index contributed by atoms with van der Waals surface area (Å²) in [4.78, 5) is 12.5. The fourth-order valence-electron chi connectivity index (χ4n) is 1.13. The van der Waals surface area contributed by atoms with Gasteiger partial charge in [-0.1, -0.05) is 6.92 Å². The molecule has 0 spiro atoms. The van der Waals surface area contributed by atoms with Crippen LogP contribution in [0.5, 0.6) is 0 Å². The molecule has 0 fully saturated rings. The lowest BCUT2D eigenvalue weighted by Crippen LogP contribution is -2.29. The Morgan fingerprint density at radius 3 is 2.54 bits per heavy atom. The van der Waals surface area contributed by atoms with Crippen LogP contribution in [0, 0.1) is 5.92 Å². The van der Waals surface area contributed by atoms with Crippen LogP contribution >= 0.6 is 0 Å². The highest BCUT2D eigenvalue weighted by molar-refractivity contribution is 5.69. The smallest absolute Gasteiger partial charge is 0.307 e. The average Bonchev–Trinajstić information content (AvgIpc) is 2.04. The fourth-order valence-corrected chi connectivity index (χ4v) is 1.13. The van der Waals surface area contributed by atoms with Gasteiger partial charge in [-0.15, -0.1) is 0 Å². The van der Waals surface area contributed by atoms with E-state index in [4.69, 9.17) is 10.2 Å². The minimum Gasteiger partial charge on any atom is -0.481 e. The molecule has 0 rings (SSSR count). The van der Waals surface area contributed by atoms with Crippen LogP contribution in [-0.2, 0) is 4.79 Å². The molecule has 1 atom stereocenters. The summed E-state index contributed by atoms with van der Waals surface area (Å²) in [6, 6.07) is 0. The summed E-state index contributed by atoms with van der Waals surface area (Å²) in [7, 11) is 1.90. The van der Waals surface area contributed by atoms with Gasteiger partial charge in [0.2, 0.25) is 0 Å². The van der Waals surface area contributed by atoms with Gasteiger partial charge in [0.1, 0.15) is 0 Å². The van der Waals surface area contributed by atoms with Gasteiger partial charge in [-0.05, 0) is 26.4 Å². The molecule has 0 radical (unpaired) electrons. The highest BCUT2D eigenvalue weighted by atomic mass is 16.4. The van der Waals surface area contributed by atoms with Crippen molar-refractivity contribution in [2.24, 2.45) is 5.92 Å². The number of carboxylic acids is 1. The summed E-state index contributed by atoms with van der Waals surface area (Å²) in [5.74, 6) is -1.08. The van der Waals surface area contributed by atoms with E-state index in [-0.39, 0.29) is 12.5 Å². The van der Waals surface area contributed by atoms with Gasteiger partial charge in [-0.3, -0.25) is 4.79 Å². The molecule has 1 unspecified atom stereocenters. The van der Waals surface area contributed by atoms with Gasteiger partial charge in [0, 0.05) is 13.2 Å². The summed E-state index contributed by atoms with van der Waals surface area (Å²) in [6.07, 6.45) is 1.70. The van der Waals surface area contributed by atoms with Crippen LogP contribution in [0.25, 0.3) is 0 Å². The number of carbonyl (C=O) groups is 1. The van der Waals surface area contributed by atoms with Gasteiger partial charge in [-0.2, -0.15) is 0 Å². The first-order valence-corrected chi connectivity index (χ1v) is 4.60. The van der Waals surface area contributed by atoms with E-state index in [1.165, 1.54) is 0 Å². The summed E-state index contributed by atoms with van der Waals surface area (Å²) >= 11 is 0.